The molecule has 10 nitrogen and oxygen atoms in total. The second-order valence-corrected chi connectivity index (χ2v) is 6.89. The van der Waals surface area contributed by atoms with Crippen LogP contribution in [0.25, 0.3) is 0 Å². The Balaban J connectivity index is 3.08. The molecule has 0 amide bonds. The number of hydrogen-bond acceptors (Lipinski definition) is 10. The fourth-order valence-corrected chi connectivity index (χ4v) is 2.16. The van der Waals surface area contributed by atoms with E-state index in [-0.39, 0.29) is 19.8 Å². The number of halogens is 3. The van der Waals surface area contributed by atoms with E-state index in [1.807, 2.05) is 0 Å². The van der Waals surface area contributed by atoms with Crippen LogP contribution in [0.15, 0.2) is 0 Å². The molecule has 0 aromatic carbocycles. The van der Waals surface area contributed by atoms with Gasteiger partial charge in [-0.1, -0.05) is 13.3 Å². The summed E-state index contributed by atoms with van der Waals surface area (Å²) in [5.41, 5.74) is 0. The van der Waals surface area contributed by atoms with Gasteiger partial charge in [-0.15, -0.1) is 0 Å². The number of esters is 1. The fraction of sp³-hybridized carbons (Fsp3) is 0.955. The first kappa shape index (κ1) is 33.9. The zero-order valence-electron chi connectivity index (χ0n) is 20.7. The van der Waals surface area contributed by atoms with Gasteiger partial charge in [0, 0.05) is 6.61 Å². The molecule has 0 heterocycles. The summed E-state index contributed by atoms with van der Waals surface area (Å²) in [7, 11) is 0. The summed E-state index contributed by atoms with van der Waals surface area (Å²) < 4.78 is 82.1. The number of carbonyl (C=O) groups is 1. The van der Waals surface area contributed by atoms with E-state index in [1.165, 1.54) is 0 Å². The summed E-state index contributed by atoms with van der Waals surface area (Å²) in [6, 6.07) is 0. The van der Waals surface area contributed by atoms with Crippen molar-refractivity contribution in [2.24, 2.45) is 0 Å². The third-order valence-corrected chi connectivity index (χ3v) is 3.94. The molecule has 0 spiro atoms. The molecule has 0 aliphatic rings. The van der Waals surface area contributed by atoms with Gasteiger partial charge in [0.1, 0.15) is 6.61 Å². The molecule has 0 rings (SSSR count). The minimum Gasteiger partial charge on any atom is -0.457 e. The van der Waals surface area contributed by atoms with Crippen LogP contribution in [0.3, 0.4) is 0 Å². The monoisotopic (exact) mass is 522 g/mol. The lowest BCUT2D eigenvalue weighted by atomic mass is 10.4. The van der Waals surface area contributed by atoms with E-state index in [4.69, 9.17) is 37.9 Å². The average Bonchev–Trinajstić information content (AvgIpc) is 2.82. The summed E-state index contributed by atoms with van der Waals surface area (Å²) in [5.74, 6) is -2.23. The maximum Gasteiger partial charge on any atom is 0.490 e. The number of unbranched alkanes of at least 4 members (excludes halogenated alkanes) is 1. The van der Waals surface area contributed by atoms with Crippen molar-refractivity contribution in [3.63, 3.8) is 0 Å². The summed E-state index contributed by atoms with van der Waals surface area (Å²) in [5, 5.41) is 0. The minimum absolute atomic E-state index is 0.139. The molecule has 0 N–H and O–H groups in total. The maximum absolute atomic E-state index is 11.9. The largest absolute Gasteiger partial charge is 0.490 e. The Morgan fingerprint density at radius 2 is 0.743 bits per heavy atom. The van der Waals surface area contributed by atoms with Gasteiger partial charge in [0.05, 0.1) is 99.1 Å². The van der Waals surface area contributed by atoms with E-state index in [0.29, 0.717) is 79.3 Å². The van der Waals surface area contributed by atoms with E-state index >= 15 is 0 Å². The van der Waals surface area contributed by atoms with Crippen molar-refractivity contribution in [2.45, 2.75) is 25.9 Å². The highest BCUT2D eigenvalue weighted by molar-refractivity contribution is 5.75. The molecule has 0 aliphatic heterocycles. The van der Waals surface area contributed by atoms with Crippen molar-refractivity contribution in [2.75, 3.05) is 112 Å². The Hall–Kier alpha value is -1.06. The van der Waals surface area contributed by atoms with Crippen LogP contribution in [0.1, 0.15) is 19.8 Å². The fourth-order valence-electron chi connectivity index (χ4n) is 2.16. The first-order chi connectivity index (χ1) is 17.0. The van der Waals surface area contributed by atoms with Gasteiger partial charge in [0.15, 0.2) is 0 Å². The Morgan fingerprint density at radius 3 is 1.00 bits per heavy atom. The molecule has 0 saturated heterocycles. The van der Waals surface area contributed by atoms with Gasteiger partial charge in [-0.3, -0.25) is 0 Å². The highest BCUT2D eigenvalue weighted by Gasteiger charge is 2.40. The van der Waals surface area contributed by atoms with Crippen molar-refractivity contribution < 1.29 is 60.6 Å². The summed E-state index contributed by atoms with van der Waals surface area (Å²) in [4.78, 5) is 10.4. The third kappa shape index (κ3) is 27.4. The van der Waals surface area contributed by atoms with Crippen LogP contribution in [0.2, 0.25) is 0 Å². The molecule has 0 fully saturated rings. The van der Waals surface area contributed by atoms with Gasteiger partial charge in [-0.25, -0.2) is 4.79 Å². The van der Waals surface area contributed by atoms with Crippen molar-refractivity contribution in [3.05, 3.63) is 0 Å². The van der Waals surface area contributed by atoms with Crippen LogP contribution in [0.4, 0.5) is 13.2 Å². The molecule has 0 aromatic heterocycles. The average molecular weight is 523 g/mol. The lowest BCUT2D eigenvalue weighted by Crippen LogP contribution is -2.26. The Kier molecular flexibility index (Phi) is 25.2. The zero-order valence-corrected chi connectivity index (χ0v) is 20.7. The Labute approximate surface area is 205 Å². The van der Waals surface area contributed by atoms with Gasteiger partial charge in [0.2, 0.25) is 0 Å². The highest BCUT2D eigenvalue weighted by Crippen LogP contribution is 2.16. The molecule has 0 aromatic rings. The van der Waals surface area contributed by atoms with Gasteiger partial charge < -0.3 is 42.6 Å². The van der Waals surface area contributed by atoms with Crippen LogP contribution in [-0.4, -0.2) is 124 Å². The van der Waals surface area contributed by atoms with E-state index in [1.54, 1.807) is 0 Å². The summed E-state index contributed by atoms with van der Waals surface area (Å²) in [6.45, 7) is 8.41. The van der Waals surface area contributed by atoms with Gasteiger partial charge >= 0.3 is 12.1 Å². The van der Waals surface area contributed by atoms with Crippen molar-refractivity contribution in [3.8, 4) is 0 Å². The van der Waals surface area contributed by atoms with Gasteiger partial charge in [-0.05, 0) is 6.42 Å². The summed E-state index contributed by atoms with van der Waals surface area (Å²) in [6.07, 6.45) is -2.79. The lowest BCUT2D eigenvalue weighted by Gasteiger charge is -2.09. The first-order valence-electron chi connectivity index (χ1n) is 11.8. The SMILES string of the molecule is CCCCOCCOCCOCCOCCOCCOCCOCCOCCOC(=O)C(F)(F)F. The molecule has 0 saturated carbocycles. The number of carbonyl (C=O) groups excluding carboxylic acids is 1. The van der Waals surface area contributed by atoms with Crippen LogP contribution >= 0.6 is 0 Å². The highest BCUT2D eigenvalue weighted by atomic mass is 19.4. The van der Waals surface area contributed by atoms with E-state index in [2.05, 4.69) is 11.7 Å². The standard InChI is InChI=1S/C22H41F3O10/c1-2-3-4-27-5-6-28-7-8-29-9-10-30-11-12-31-13-14-32-15-16-33-17-18-34-19-20-35-21(26)22(23,24)25/h2-20H2,1H3. The minimum atomic E-state index is -4.99. The topological polar surface area (TPSA) is 100 Å². The van der Waals surface area contributed by atoms with E-state index in [0.717, 1.165) is 19.4 Å². The number of hydrogen-bond donors (Lipinski definition) is 0. The number of alkyl halides is 3. The van der Waals surface area contributed by atoms with Crippen LogP contribution in [0.5, 0.6) is 0 Å². The number of ether oxygens (including phenoxy) is 9. The Morgan fingerprint density at radius 1 is 0.486 bits per heavy atom. The molecule has 13 heteroatoms. The molecular formula is C22H41F3O10. The molecule has 0 radical (unpaired) electrons. The molecule has 0 unspecified atom stereocenters. The van der Waals surface area contributed by atoms with E-state index in [9.17, 15) is 18.0 Å². The Bertz CT molecular complexity index is 456. The number of rotatable bonds is 27. The second-order valence-electron chi connectivity index (χ2n) is 6.89. The van der Waals surface area contributed by atoms with Gasteiger partial charge in [0.25, 0.3) is 0 Å². The normalized spacial score (nSPS) is 11.8. The lowest BCUT2D eigenvalue weighted by molar-refractivity contribution is -0.200. The molecule has 210 valence electrons. The first-order valence-corrected chi connectivity index (χ1v) is 11.8. The predicted molar refractivity (Wildman–Crippen MR) is 118 cm³/mol. The molecule has 0 bridgehead atoms. The molecule has 0 aliphatic carbocycles. The van der Waals surface area contributed by atoms with Crippen LogP contribution in [-0.2, 0) is 47.4 Å². The van der Waals surface area contributed by atoms with Gasteiger partial charge in [-0.2, -0.15) is 13.2 Å². The van der Waals surface area contributed by atoms with Crippen molar-refractivity contribution >= 4 is 5.97 Å². The zero-order chi connectivity index (χ0) is 25.9. The predicted octanol–water partition coefficient (Wildman–Crippen LogP) is 2.02. The quantitative estimate of drug-likeness (QED) is 0.118. The van der Waals surface area contributed by atoms with Crippen molar-refractivity contribution in [1.82, 2.24) is 0 Å². The summed E-state index contributed by atoms with van der Waals surface area (Å²) >= 11 is 0. The maximum atomic E-state index is 11.9. The third-order valence-electron chi connectivity index (χ3n) is 3.94. The van der Waals surface area contributed by atoms with Crippen LogP contribution < -0.4 is 0 Å². The molecule has 35 heavy (non-hydrogen) atoms. The van der Waals surface area contributed by atoms with Crippen LogP contribution in [0, 0.1) is 0 Å². The van der Waals surface area contributed by atoms with E-state index < -0.39 is 18.8 Å². The van der Waals surface area contributed by atoms with Crippen molar-refractivity contribution in [1.29, 1.82) is 0 Å². The molecule has 0 atom stereocenters. The smallest absolute Gasteiger partial charge is 0.457 e. The second kappa shape index (κ2) is 26.0. The molecular weight excluding hydrogens is 481 g/mol.